The molecule has 1 N–H and O–H groups in total. The van der Waals surface area contributed by atoms with Crippen LogP contribution in [0.2, 0.25) is 0 Å². The van der Waals surface area contributed by atoms with Crippen molar-refractivity contribution in [3.05, 3.63) is 64.8 Å². The lowest BCUT2D eigenvalue weighted by Gasteiger charge is -2.35. The molecule has 7 heteroatoms. The Bertz CT molecular complexity index is 1030. The number of rotatable bonds is 5. The summed E-state index contributed by atoms with van der Waals surface area (Å²) in [7, 11) is 2.10. The zero-order chi connectivity index (χ0) is 22.0. The number of likely N-dealkylation sites (N-methyl/N-ethyl adjacent to an activating group) is 1. The molecule has 1 aromatic carbocycles. The zero-order valence-corrected chi connectivity index (χ0v) is 18.8. The second kappa shape index (κ2) is 8.98. The highest BCUT2D eigenvalue weighted by molar-refractivity contribution is 6.05. The van der Waals surface area contributed by atoms with Crippen LogP contribution >= 0.6 is 0 Å². The molecular weight excluding hydrogens is 390 g/mol. The van der Waals surface area contributed by atoms with Gasteiger partial charge in [-0.15, -0.1) is 0 Å². The van der Waals surface area contributed by atoms with Crippen molar-refractivity contribution in [2.45, 2.75) is 27.3 Å². The molecule has 31 heavy (non-hydrogen) atoms. The van der Waals surface area contributed by atoms with Crippen LogP contribution in [0.25, 0.3) is 5.57 Å². The molecule has 164 valence electrons. The Morgan fingerprint density at radius 3 is 2.71 bits per heavy atom. The van der Waals surface area contributed by atoms with Crippen molar-refractivity contribution in [3.63, 3.8) is 0 Å². The molecule has 1 saturated heterocycles. The van der Waals surface area contributed by atoms with Crippen molar-refractivity contribution in [1.82, 2.24) is 19.6 Å². The van der Waals surface area contributed by atoms with Gasteiger partial charge in [0.05, 0.1) is 31.0 Å². The number of aromatic nitrogens is 2. The van der Waals surface area contributed by atoms with Gasteiger partial charge in [0, 0.05) is 50.5 Å². The van der Waals surface area contributed by atoms with Gasteiger partial charge in [0.2, 0.25) is 0 Å². The number of anilines is 1. The van der Waals surface area contributed by atoms with E-state index in [0.29, 0.717) is 5.56 Å². The molecule has 1 fully saturated rings. The number of benzene rings is 1. The smallest absolute Gasteiger partial charge is 0.259 e. The van der Waals surface area contributed by atoms with Crippen LogP contribution in [0.1, 0.15) is 34.1 Å². The topological polar surface area (TPSA) is 62.6 Å². The van der Waals surface area contributed by atoms with Gasteiger partial charge in [0.15, 0.2) is 0 Å². The van der Waals surface area contributed by atoms with Gasteiger partial charge >= 0.3 is 0 Å². The van der Waals surface area contributed by atoms with Crippen LogP contribution in [-0.2, 0) is 11.3 Å². The first kappa shape index (κ1) is 21.2. The molecule has 0 saturated carbocycles. The molecule has 3 heterocycles. The van der Waals surface area contributed by atoms with Crippen LogP contribution in [-0.4, -0.2) is 65.4 Å². The standard InChI is InChI=1S/C24H31N5O2/c1-5-29-16-23(18(3)26-29)24(30)25-20-7-6-17(2)22(13-20)19-12-21(15-27(4)14-19)28-8-10-31-11-9-28/h6-7,12-14,16H,5,8-11,15H2,1-4H3,(H,25,30). The van der Waals surface area contributed by atoms with Gasteiger partial charge in [-0.25, -0.2) is 0 Å². The summed E-state index contributed by atoms with van der Waals surface area (Å²) in [5, 5.41) is 7.43. The normalized spacial score (nSPS) is 16.8. The van der Waals surface area contributed by atoms with Crippen LogP contribution in [0.3, 0.4) is 0 Å². The Hall–Kier alpha value is -3.06. The Kier molecular flexibility index (Phi) is 6.13. The number of nitrogens with one attached hydrogen (secondary N) is 1. The summed E-state index contributed by atoms with van der Waals surface area (Å²) in [6.45, 7) is 11.0. The fourth-order valence-corrected chi connectivity index (χ4v) is 4.10. The first-order chi connectivity index (χ1) is 14.9. The summed E-state index contributed by atoms with van der Waals surface area (Å²) in [6.07, 6.45) is 6.25. The quantitative estimate of drug-likeness (QED) is 0.803. The number of carbonyl (C=O) groups is 1. The predicted octanol–water partition coefficient (Wildman–Crippen LogP) is 3.27. The van der Waals surface area contributed by atoms with E-state index in [1.54, 1.807) is 10.9 Å². The second-order valence-electron chi connectivity index (χ2n) is 8.20. The number of nitrogens with zero attached hydrogens (tertiary/aromatic N) is 4. The highest BCUT2D eigenvalue weighted by Gasteiger charge is 2.20. The summed E-state index contributed by atoms with van der Waals surface area (Å²) in [4.78, 5) is 17.5. The minimum atomic E-state index is -0.133. The lowest BCUT2D eigenvalue weighted by molar-refractivity contribution is 0.0510. The lowest BCUT2D eigenvalue weighted by atomic mass is 9.97. The van der Waals surface area contributed by atoms with E-state index < -0.39 is 0 Å². The van der Waals surface area contributed by atoms with Gasteiger partial charge in [-0.3, -0.25) is 9.48 Å². The predicted molar refractivity (Wildman–Crippen MR) is 123 cm³/mol. The number of morpholine rings is 1. The summed E-state index contributed by atoms with van der Waals surface area (Å²) < 4.78 is 7.29. The maximum absolute atomic E-state index is 12.8. The first-order valence-corrected chi connectivity index (χ1v) is 10.9. The van der Waals surface area contributed by atoms with E-state index in [2.05, 4.69) is 58.6 Å². The monoisotopic (exact) mass is 421 g/mol. The number of hydrogen-bond acceptors (Lipinski definition) is 5. The average Bonchev–Trinajstić information content (AvgIpc) is 3.16. The van der Waals surface area contributed by atoms with Crippen molar-refractivity contribution < 1.29 is 9.53 Å². The van der Waals surface area contributed by atoms with E-state index in [9.17, 15) is 4.79 Å². The minimum absolute atomic E-state index is 0.133. The molecule has 0 bridgehead atoms. The zero-order valence-electron chi connectivity index (χ0n) is 18.8. The second-order valence-corrected chi connectivity index (χ2v) is 8.20. The molecule has 7 nitrogen and oxygen atoms in total. The molecule has 2 aliphatic rings. The number of carbonyl (C=O) groups excluding carboxylic acids is 1. The van der Waals surface area contributed by atoms with Crippen molar-refractivity contribution in [2.75, 3.05) is 45.2 Å². The van der Waals surface area contributed by atoms with Gasteiger partial charge in [0.1, 0.15) is 0 Å². The Balaban J connectivity index is 1.59. The first-order valence-electron chi connectivity index (χ1n) is 10.9. The SMILES string of the molecule is CCn1cc(C(=O)Nc2ccc(C)c(C3=CN(C)CC(N4CCOCC4)=C3)c2)c(C)n1. The van der Waals surface area contributed by atoms with Crippen molar-refractivity contribution in [3.8, 4) is 0 Å². The number of aryl methyl sites for hydroxylation is 3. The molecule has 0 aliphatic carbocycles. The average molecular weight is 422 g/mol. The van der Waals surface area contributed by atoms with Crippen LogP contribution < -0.4 is 5.32 Å². The van der Waals surface area contributed by atoms with Crippen molar-refractivity contribution in [2.24, 2.45) is 0 Å². The third-order valence-electron chi connectivity index (χ3n) is 5.83. The van der Waals surface area contributed by atoms with Crippen molar-refractivity contribution >= 4 is 17.2 Å². The number of allylic oxidation sites excluding steroid dienone is 2. The van der Waals surface area contributed by atoms with E-state index >= 15 is 0 Å². The summed E-state index contributed by atoms with van der Waals surface area (Å²) in [6, 6.07) is 6.08. The lowest BCUT2D eigenvalue weighted by Crippen LogP contribution is -2.39. The summed E-state index contributed by atoms with van der Waals surface area (Å²) in [5.74, 6) is -0.133. The van der Waals surface area contributed by atoms with Crippen LogP contribution in [0.4, 0.5) is 5.69 Å². The van der Waals surface area contributed by atoms with E-state index in [1.807, 2.05) is 19.9 Å². The molecule has 0 radical (unpaired) electrons. The van der Waals surface area contributed by atoms with Crippen LogP contribution in [0.15, 0.2) is 42.4 Å². The number of ether oxygens (including phenoxy) is 1. The van der Waals surface area contributed by atoms with Gasteiger partial charge in [0.25, 0.3) is 5.91 Å². The third-order valence-corrected chi connectivity index (χ3v) is 5.83. The largest absolute Gasteiger partial charge is 0.378 e. The Labute approximate surface area is 184 Å². The molecule has 2 aromatic rings. The van der Waals surface area contributed by atoms with Gasteiger partial charge in [-0.05, 0) is 55.7 Å². The van der Waals surface area contributed by atoms with E-state index in [0.717, 1.165) is 61.9 Å². The highest BCUT2D eigenvalue weighted by Crippen LogP contribution is 2.29. The number of amides is 1. The van der Waals surface area contributed by atoms with Gasteiger partial charge < -0.3 is 19.9 Å². The number of hydrogen-bond donors (Lipinski definition) is 1. The van der Waals surface area contributed by atoms with Crippen molar-refractivity contribution in [1.29, 1.82) is 0 Å². The van der Waals surface area contributed by atoms with Crippen LogP contribution in [0, 0.1) is 13.8 Å². The highest BCUT2D eigenvalue weighted by atomic mass is 16.5. The molecule has 2 aliphatic heterocycles. The van der Waals surface area contributed by atoms with Gasteiger partial charge in [-0.2, -0.15) is 5.10 Å². The molecular formula is C24H31N5O2. The molecule has 0 unspecified atom stereocenters. The molecule has 0 spiro atoms. The Morgan fingerprint density at radius 1 is 1.23 bits per heavy atom. The van der Waals surface area contributed by atoms with E-state index in [-0.39, 0.29) is 5.91 Å². The van der Waals surface area contributed by atoms with Crippen LogP contribution in [0.5, 0.6) is 0 Å². The Morgan fingerprint density at radius 2 is 2.00 bits per heavy atom. The molecule has 1 amide bonds. The van der Waals surface area contributed by atoms with Gasteiger partial charge in [-0.1, -0.05) is 6.07 Å². The molecule has 1 aromatic heterocycles. The maximum Gasteiger partial charge on any atom is 0.259 e. The minimum Gasteiger partial charge on any atom is -0.378 e. The fraction of sp³-hybridized carbons (Fsp3) is 0.417. The van der Waals surface area contributed by atoms with E-state index in [4.69, 9.17) is 4.74 Å². The maximum atomic E-state index is 12.8. The molecule has 4 rings (SSSR count). The summed E-state index contributed by atoms with van der Waals surface area (Å²) in [5.41, 5.74) is 6.88. The summed E-state index contributed by atoms with van der Waals surface area (Å²) >= 11 is 0. The fourth-order valence-electron chi connectivity index (χ4n) is 4.10. The third kappa shape index (κ3) is 4.66. The van der Waals surface area contributed by atoms with E-state index in [1.165, 1.54) is 11.3 Å². The molecule has 0 atom stereocenters.